The molecule has 4 nitrogen and oxygen atoms in total. The van der Waals surface area contributed by atoms with Crippen LogP contribution in [0.3, 0.4) is 0 Å². The van der Waals surface area contributed by atoms with E-state index in [1.807, 2.05) is 0 Å². The lowest BCUT2D eigenvalue weighted by Gasteiger charge is -2.28. The molecule has 2 aromatic rings. The van der Waals surface area contributed by atoms with Crippen molar-refractivity contribution in [3.63, 3.8) is 0 Å². The molecule has 0 spiro atoms. The zero-order valence-electron chi connectivity index (χ0n) is 30.5. The van der Waals surface area contributed by atoms with Gasteiger partial charge >= 0.3 is 0 Å². The van der Waals surface area contributed by atoms with Gasteiger partial charge in [0.15, 0.2) is 0 Å². The van der Waals surface area contributed by atoms with Gasteiger partial charge in [0, 0.05) is 80.0 Å². The minimum Gasteiger partial charge on any atom is -0.372 e. The number of unbranched alkanes of at least 4 members (excludes halogenated alkanes) is 6. The minimum absolute atomic E-state index is 0.366. The van der Waals surface area contributed by atoms with E-state index >= 15 is 0 Å². The van der Waals surface area contributed by atoms with Crippen LogP contribution in [0.4, 0.5) is 22.7 Å². The second-order valence-corrected chi connectivity index (χ2v) is 13.1. The minimum atomic E-state index is 0.366. The summed E-state index contributed by atoms with van der Waals surface area (Å²) in [5.74, 6) is 0. The maximum Gasteiger partial charge on any atom is 0.211 e. The molecule has 3 rings (SSSR count). The van der Waals surface area contributed by atoms with Gasteiger partial charge in [-0.2, -0.15) is 4.58 Å². The lowest BCUT2D eigenvalue weighted by atomic mass is 10.1. The third-order valence-corrected chi connectivity index (χ3v) is 9.28. The van der Waals surface area contributed by atoms with Crippen molar-refractivity contribution >= 4 is 28.5 Å². The van der Waals surface area contributed by atoms with Crippen LogP contribution in [0, 0.1) is 0 Å². The van der Waals surface area contributed by atoms with Crippen molar-refractivity contribution in [3.05, 3.63) is 72.8 Å². The van der Waals surface area contributed by atoms with E-state index in [1.54, 1.807) is 0 Å². The fraction of sp³-hybridized carbons (Fsp3) is 0.595. The SMILES string of the molecule is CCCCN(CCCC)c1ccc([N+](=C2C=CC(N(CCCC)CCCC)C=C2)c2ccc(N(CCCC)CCCC)cc2)cc1. The van der Waals surface area contributed by atoms with E-state index < -0.39 is 0 Å². The standard InChI is InChI=1S/C42H67N4/c1-7-13-31-43(32-14-8-2)37-19-25-40(26-20-37)46(41-27-21-38(22-28-41)44(33-15-9-3)34-16-10-4)42-29-23-39(24-30-42)45(35-17-11-5)36-18-12-6/h19-30,37H,7-18,31-36H2,1-6H3/q+1. The van der Waals surface area contributed by atoms with Crippen molar-refractivity contribution in [2.24, 2.45) is 0 Å². The quantitative estimate of drug-likeness (QED) is 0.114. The molecule has 0 atom stereocenters. The summed E-state index contributed by atoms with van der Waals surface area (Å²) in [5, 5.41) is 0. The molecule has 1 aliphatic carbocycles. The zero-order chi connectivity index (χ0) is 33.0. The number of anilines is 2. The van der Waals surface area contributed by atoms with E-state index in [4.69, 9.17) is 0 Å². The van der Waals surface area contributed by atoms with Gasteiger partial charge in [0.1, 0.15) is 0 Å². The number of hydrogen-bond donors (Lipinski definition) is 0. The molecule has 0 fully saturated rings. The monoisotopic (exact) mass is 628 g/mol. The average molecular weight is 628 g/mol. The summed E-state index contributed by atoms with van der Waals surface area (Å²) in [5.41, 5.74) is 6.34. The molecule has 0 aliphatic heterocycles. The summed E-state index contributed by atoms with van der Waals surface area (Å²) in [6, 6.07) is 19.1. The van der Waals surface area contributed by atoms with E-state index in [1.165, 1.54) is 106 Å². The summed E-state index contributed by atoms with van der Waals surface area (Å²) in [7, 11) is 0. The zero-order valence-corrected chi connectivity index (χ0v) is 30.5. The smallest absolute Gasteiger partial charge is 0.211 e. The first kappa shape index (κ1) is 37.6. The molecule has 0 saturated heterocycles. The molecule has 0 aromatic heterocycles. The normalized spacial score (nSPS) is 14.3. The van der Waals surface area contributed by atoms with Crippen molar-refractivity contribution in [2.45, 2.75) is 125 Å². The summed E-state index contributed by atoms with van der Waals surface area (Å²) >= 11 is 0. The Bertz CT molecular complexity index is 1070. The maximum atomic E-state index is 2.66. The first-order valence-electron chi connectivity index (χ1n) is 19.1. The molecule has 46 heavy (non-hydrogen) atoms. The number of rotatable bonds is 23. The van der Waals surface area contributed by atoms with Gasteiger partial charge in [0.2, 0.25) is 17.1 Å². The molecule has 0 unspecified atom stereocenters. The van der Waals surface area contributed by atoms with Gasteiger partial charge in [-0.15, -0.1) is 0 Å². The molecule has 0 N–H and O–H groups in total. The molecular formula is C42H67N4+. The first-order chi connectivity index (χ1) is 22.6. The second-order valence-electron chi connectivity index (χ2n) is 13.1. The molecule has 0 amide bonds. The predicted octanol–water partition coefficient (Wildman–Crippen LogP) is 11.2. The largest absolute Gasteiger partial charge is 0.372 e. The second kappa shape index (κ2) is 21.9. The number of hydrogen-bond acceptors (Lipinski definition) is 3. The number of benzene rings is 2. The molecule has 0 heterocycles. The van der Waals surface area contributed by atoms with Crippen molar-refractivity contribution < 1.29 is 0 Å². The van der Waals surface area contributed by atoms with E-state index in [0.29, 0.717) is 6.04 Å². The van der Waals surface area contributed by atoms with Gasteiger partial charge < -0.3 is 9.80 Å². The topological polar surface area (TPSA) is 12.7 Å². The van der Waals surface area contributed by atoms with Crippen LogP contribution in [0.2, 0.25) is 0 Å². The third kappa shape index (κ3) is 11.7. The van der Waals surface area contributed by atoms with Crippen LogP contribution >= 0.6 is 0 Å². The van der Waals surface area contributed by atoms with E-state index in [2.05, 4.69) is 134 Å². The Kier molecular flexibility index (Phi) is 17.9. The van der Waals surface area contributed by atoms with Crippen LogP contribution in [-0.2, 0) is 0 Å². The van der Waals surface area contributed by atoms with Crippen LogP contribution in [0.1, 0.15) is 119 Å². The van der Waals surface area contributed by atoms with Crippen molar-refractivity contribution in [1.29, 1.82) is 0 Å². The van der Waals surface area contributed by atoms with Gasteiger partial charge in [0.05, 0.1) is 0 Å². The summed E-state index contributed by atoms with van der Waals surface area (Å²) < 4.78 is 2.45. The summed E-state index contributed by atoms with van der Waals surface area (Å²) in [6.07, 6.45) is 24.4. The van der Waals surface area contributed by atoms with Crippen LogP contribution < -0.4 is 14.4 Å². The van der Waals surface area contributed by atoms with Crippen LogP contribution in [0.5, 0.6) is 0 Å². The van der Waals surface area contributed by atoms with E-state index in [0.717, 1.165) is 39.3 Å². The number of allylic oxidation sites excluding steroid dienone is 2. The van der Waals surface area contributed by atoms with Crippen molar-refractivity contribution in [2.75, 3.05) is 49.1 Å². The molecule has 254 valence electrons. The van der Waals surface area contributed by atoms with Gasteiger partial charge in [-0.1, -0.05) is 92.2 Å². The van der Waals surface area contributed by atoms with Crippen molar-refractivity contribution in [1.82, 2.24) is 9.48 Å². The number of nitrogens with zero attached hydrogens (tertiary/aromatic N) is 4. The fourth-order valence-corrected chi connectivity index (χ4v) is 6.25. The summed E-state index contributed by atoms with van der Waals surface area (Å²) in [6.45, 7) is 20.6. The fourth-order valence-electron chi connectivity index (χ4n) is 6.25. The highest BCUT2D eigenvalue weighted by atomic mass is 15.1. The predicted molar refractivity (Wildman–Crippen MR) is 207 cm³/mol. The molecule has 2 aromatic carbocycles. The highest BCUT2D eigenvalue weighted by molar-refractivity contribution is 6.08. The van der Waals surface area contributed by atoms with Gasteiger partial charge in [0.25, 0.3) is 0 Å². The first-order valence-corrected chi connectivity index (χ1v) is 19.1. The molecule has 4 heteroatoms. The highest BCUT2D eigenvalue weighted by Gasteiger charge is 2.23. The Morgan fingerprint density at radius 3 is 1.11 bits per heavy atom. The maximum absolute atomic E-state index is 2.66. The highest BCUT2D eigenvalue weighted by Crippen LogP contribution is 2.28. The molecule has 0 radical (unpaired) electrons. The Hall–Kier alpha value is -2.85. The van der Waals surface area contributed by atoms with Crippen LogP contribution in [-0.4, -0.2) is 55.9 Å². The molecular weight excluding hydrogens is 560 g/mol. The van der Waals surface area contributed by atoms with E-state index in [-0.39, 0.29) is 0 Å². The Balaban J connectivity index is 2.00. The molecule has 0 saturated carbocycles. The average Bonchev–Trinajstić information content (AvgIpc) is 3.10. The van der Waals surface area contributed by atoms with E-state index in [9.17, 15) is 0 Å². The Morgan fingerprint density at radius 1 is 0.457 bits per heavy atom. The summed E-state index contributed by atoms with van der Waals surface area (Å²) in [4.78, 5) is 7.82. The van der Waals surface area contributed by atoms with Crippen LogP contribution in [0.25, 0.3) is 0 Å². The lowest BCUT2D eigenvalue weighted by molar-refractivity contribution is 0.251. The van der Waals surface area contributed by atoms with Crippen molar-refractivity contribution in [3.8, 4) is 0 Å². The third-order valence-electron chi connectivity index (χ3n) is 9.28. The molecule has 0 bridgehead atoms. The molecule has 1 aliphatic rings. The van der Waals surface area contributed by atoms with Crippen LogP contribution in [0.15, 0.2) is 72.8 Å². The van der Waals surface area contributed by atoms with Gasteiger partial charge in [-0.05, 0) is 75.9 Å². The Labute approximate surface area is 283 Å². The lowest BCUT2D eigenvalue weighted by Crippen LogP contribution is -2.36. The Morgan fingerprint density at radius 2 is 0.783 bits per heavy atom. The van der Waals surface area contributed by atoms with Gasteiger partial charge in [-0.25, -0.2) is 0 Å². The van der Waals surface area contributed by atoms with Gasteiger partial charge in [-0.3, -0.25) is 4.90 Å².